The van der Waals surface area contributed by atoms with Gasteiger partial charge in [-0.15, -0.1) is 11.3 Å². The number of nitrogens with zero attached hydrogens (tertiary/aromatic N) is 1. The number of aliphatic carboxylic acids is 1. The fourth-order valence-corrected chi connectivity index (χ4v) is 4.95. The van der Waals surface area contributed by atoms with E-state index < -0.39 is 12.0 Å². The number of ketones is 1. The molecule has 1 aliphatic heterocycles. The lowest BCUT2D eigenvalue weighted by Gasteiger charge is -2.37. The summed E-state index contributed by atoms with van der Waals surface area (Å²) in [6.45, 7) is 3.90. The van der Waals surface area contributed by atoms with E-state index >= 15 is 0 Å². The zero-order chi connectivity index (χ0) is 19.2. The first-order valence-corrected chi connectivity index (χ1v) is 9.86. The van der Waals surface area contributed by atoms with Gasteiger partial charge < -0.3 is 20.1 Å². The summed E-state index contributed by atoms with van der Waals surface area (Å²) in [5, 5.41) is 17.0. The summed E-state index contributed by atoms with van der Waals surface area (Å²) in [7, 11) is 0. The maximum Gasteiger partial charge on any atom is 0.163 e. The van der Waals surface area contributed by atoms with Crippen molar-refractivity contribution >= 4 is 34.5 Å². The minimum atomic E-state index is -1.17. The summed E-state index contributed by atoms with van der Waals surface area (Å²) in [5.74, 6) is -1.10. The van der Waals surface area contributed by atoms with Gasteiger partial charge in [0, 0.05) is 22.6 Å². The number of hydrogen-bond acceptors (Lipinski definition) is 6. The molecule has 0 spiro atoms. The molecule has 1 aromatic heterocycles. The van der Waals surface area contributed by atoms with E-state index in [4.69, 9.17) is 0 Å². The number of rotatable bonds is 3. The minimum absolute atomic E-state index is 0.0725. The lowest BCUT2D eigenvalue weighted by Crippen LogP contribution is -2.42. The lowest BCUT2D eigenvalue weighted by molar-refractivity contribution is -0.303. The summed E-state index contributed by atoms with van der Waals surface area (Å²) < 4.78 is 0. The van der Waals surface area contributed by atoms with E-state index in [1.807, 2.05) is 41.8 Å². The van der Waals surface area contributed by atoms with E-state index in [0.29, 0.717) is 12.0 Å². The number of Topliss-reactive ketones (excluding diaryl/α,β-unsaturated/α-hetero) is 1. The molecule has 0 amide bonds. The largest absolute Gasteiger partial charge is 0.548 e. The Morgan fingerprint density at radius 2 is 2.04 bits per heavy atom. The molecule has 2 aromatic rings. The van der Waals surface area contributed by atoms with Gasteiger partial charge in [0.05, 0.1) is 29.9 Å². The summed E-state index contributed by atoms with van der Waals surface area (Å²) in [5.41, 5.74) is 3.01. The number of carbonyl (C=O) groups is 2. The van der Waals surface area contributed by atoms with Crippen molar-refractivity contribution in [3.8, 4) is 0 Å². The maximum atomic E-state index is 13.2. The predicted molar refractivity (Wildman–Crippen MR) is 105 cm³/mol. The normalized spacial score (nSPS) is 21.2. The number of thiophene rings is 1. The molecule has 0 radical (unpaired) electrons. The molecule has 1 aromatic carbocycles. The van der Waals surface area contributed by atoms with Crippen LogP contribution < -0.4 is 15.3 Å². The molecule has 1 aliphatic carbocycles. The van der Waals surface area contributed by atoms with Crippen molar-refractivity contribution in [3.05, 3.63) is 57.9 Å². The van der Waals surface area contributed by atoms with Gasteiger partial charge in [-0.25, -0.2) is 0 Å². The van der Waals surface area contributed by atoms with Gasteiger partial charge in [0.25, 0.3) is 0 Å². The minimum Gasteiger partial charge on any atom is -0.548 e. The SMILES string of the molecule is CC1(C)CC(=O)C2=C(C1)Nc1ccccc1N(CC(=O)[O-])[C@H]2c1cccs1. The maximum absolute atomic E-state index is 13.2. The topological polar surface area (TPSA) is 72.5 Å². The molecule has 0 saturated carbocycles. The van der Waals surface area contributed by atoms with Crippen molar-refractivity contribution in [2.45, 2.75) is 32.7 Å². The number of carbonyl (C=O) groups excluding carboxylic acids is 2. The number of fused-ring (bicyclic) bond motifs is 1. The zero-order valence-corrected chi connectivity index (χ0v) is 16.1. The first-order chi connectivity index (χ1) is 12.9. The fraction of sp³-hybridized carbons (Fsp3) is 0.333. The smallest absolute Gasteiger partial charge is 0.163 e. The number of carboxylic acid groups (broad SMARTS) is 1. The Morgan fingerprint density at radius 3 is 2.74 bits per heavy atom. The quantitative estimate of drug-likeness (QED) is 0.884. The molecule has 5 nitrogen and oxygen atoms in total. The molecule has 6 heteroatoms. The van der Waals surface area contributed by atoms with Gasteiger partial charge in [0.2, 0.25) is 0 Å². The van der Waals surface area contributed by atoms with Crippen molar-refractivity contribution in [1.82, 2.24) is 0 Å². The number of hydrogen-bond donors (Lipinski definition) is 1. The Labute approximate surface area is 162 Å². The first kappa shape index (κ1) is 17.8. The van der Waals surface area contributed by atoms with E-state index in [1.54, 1.807) is 4.90 Å². The third-order valence-corrected chi connectivity index (χ3v) is 6.04. The van der Waals surface area contributed by atoms with E-state index in [-0.39, 0.29) is 17.7 Å². The number of para-hydroxylation sites is 2. The van der Waals surface area contributed by atoms with E-state index in [1.165, 1.54) is 11.3 Å². The van der Waals surface area contributed by atoms with E-state index in [0.717, 1.165) is 28.4 Å². The average molecular weight is 381 g/mol. The van der Waals surface area contributed by atoms with Crippen LogP contribution in [-0.2, 0) is 9.59 Å². The van der Waals surface area contributed by atoms with Crippen LogP contribution in [-0.4, -0.2) is 18.3 Å². The van der Waals surface area contributed by atoms with Crippen LogP contribution in [0, 0.1) is 5.41 Å². The second-order valence-electron chi connectivity index (χ2n) is 7.89. The van der Waals surface area contributed by atoms with Crippen LogP contribution in [0.5, 0.6) is 0 Å². The predicted octanol–water partition coefficient (Wildman–Crippen LogP) is 3.11. The fourth-order valence-electron chi connectivity index (χ4n) is 4.11. The van der Waals surface area contributed by atoms with Crippen LogP contribution in [0.15, 0.2) is 53.0 Å². The zero-order valence-electron chi connectivity index (χ0n) is 15.3. The third-order valence-electron chi connectivity index (χ3n) is 5.12. The highest BCUT2D eigenvalue weighted by atomic mass is 32.1. The molecule has 1 atom stereocenters. The second kappa shape index (κ2) is 6.53. The number of nitrogens with one attached hydrogen (secondary N) is 1. The molecular weight excluding hydrogens is 360 g/mol. The Bertz CT molecular complexity index is 931. The molecule has 1 N–H and O–H groups in total. The highest BCUT2D eigenvalue weighted by Gasteiger charge is 2.41. The average Bonchev–Trinajstić information content (AvgIpc) is 3.06. The van der Waals surface area contributed by atoms with Crippen LogP contribution in [0.4, 0.5) is 11.4 Å². The van der Waals surface area contributed by atoms with Crippen LogP contribution in [0.25, 0.3) is 0 Å². The third kappa shape index (κ3) is 3.25. The first-order valence-electron chi connectivity index (χ1n) is 8.98. The van der Waals surface area contributed by atoms with Gasteiger partial charge in [-0.1, -0.05) is 32.0 Å². The van der Waals surface area contributed by atoms with Crippen molar-refractivity contribution < 1.29 is 14.7 Å². The molecule has 0 saturated heterocycles. The van der Waals surface area contributed by atoms with Gasteiger partial charge >= 0.3 is 0 Å². The molecule has 27 heavy (non-hydrogen) atoms. The number of carboxylic acids is 1. The monoisotopic (exact) mass is 381 g/mol. The molecule has 2 heterocycles. The Morgan fingerprint density at radius 1 is 1.26 bits per heavy atom. The summed E-state index contributed by atoms with van der Waals surface area (Å²) >= 11 is 1.53. The second-order valence-corrected chi connectivity index (χ2v) is 8.87. The summed E-state index contributed by atoms with van der Waals surface area (Å²) in [4.78, 5) is 27.5. The number of anilines is 2. The molecular formula is C21H21N2O3S-. The van der Waals surface area contributed by atoms with Crippen molar-refractivity contribution in [2.24, 2.45) is 5.41 Å². The van der Waals surface area contributed by atoms with Crippen LogP contribution in [0.2, 0.25) is 0 Å². The van der Waals surface area contributed by atoms with Gasteiger partial charge in [-0.05, 0) is 35.4 Å². The molecule has 4 rings (SSSR count). The number of allylic oxidation sites excluding steroid dienone is 1. The van der Waals surface area contributed by atoms with E-state index in [2.05, 4.69) is 19.2 Å². The Hall–Kier alpha value is -2.60. The highest BCUT2D eigenvalue weighted by Crippen LogP contribution is 2.48. The van der Waals surface area contributed by atoms with Crippen LogP contribution in [0.1, 0.15) is 37.6 Å². The van der Waals surface area contributed by atoms with Crippen LogP contribution >= 0.6 is 11.3 Å². The van der Waals surface area contributed by atoms with Gasteiger partial charge in [-0.2, -0.15) is 0 Å². The molecule has 0 fully saturated rings. The lowest BCUT2D eigenvalue weighted by atomic mass is 9.74. The summed E-state index contributed by atoms with van der Waals surface area (Å²) in [6.07, 6.45) is 1.19. The molecule has 0 bridgehead atoms. The van der Waals surface area contributed by atoms with Gasteiger partial charge in [0.1, 0.15) is 0 Å². The van der Waals surface area contributed by atoms with Crippen molar-refractivity contribution in [3.63, 3.8) is 0 Å². The summed E-state index contributed by atoms with van der Waals surface area (Å²) in [6, 6.07) is 11.1. The number of benzene rings is 1. The standard InChI is InChI=1S/C21H22N2O3S/c1-21(2)10-14-19(16(24)11-21)20(17-8-5-9-27-17)23(12-18(25)26)15-7-4-3-6-13(15)22-14/h3-9,20,22H,10-12H2,1-2H3,(H,25,26)/p-1/t20-/m0/s1. The highest BCUT2D eigenvalue weighted by molar-refractivity contribution is 7.10. The Kier molecular flexibility index (Phi) is 4.30. The van der Waals surface area contributed by atoms with Gasteiger partial charge in [-0.3, -0.25) is 4.79 Å². The van der Waals surface area contributed by atoms with Crippen molar-refractivity contribution in [2.75, 3.05) is 16.8 Å². The molecule has 140 valence electrons. The molecule has 0 unspecified atom stereocenters. The molecule has 2 aliphatic rings. The van der Waals surface area contributed by atoms with E-state index in [9.17, 15) is 14.7 Å². The Balaban J connectivity index is 1.96. The van der Waals surface area contributed by atoms with Crippen molar-refractivity contribution in [1.29, 1.82) is 0 Å². The van der Waals surface area contributed by atoms with Crippen LogP contribution in [0.3, 0.4) is 0 Å². The van der Waals surface area contributed by atoms with Gasteiger partial charge in [0.15, 0.2) is 5.78 Å².